The van der Waals surface area contributed by atoms with Crippen molar-refractivity contribution in [3.63, 3.8) is 0 Å². The normalized spacial score (nSPS) is 13.9. The van der Waals surface area contributed by atoms with Gasteiger partial charge in [0.2, 0.25) is 11.8 Å². The molecule has 3 N–H and O–H groups in total. The van der Waals surface area contributed by atoms with Crippen molar-refractivity contribution in [3.8, 4) is 0 Å². The van der Waals surface area contributed by atoms with Gasteiger partial charge in [0.15, 0.2) is 5.54 Å². The fourth-order valence-electron chi connectivity index (χ4n) is 3.07. The van der Waals surface area contributed by atoms with Crippen LogP contribution in [0.25, 0.3) is 0 Å². The SMILES string of the molecule is CCC(NC(=O)CC(NC(C)=O)c1ccccc1)(C(=O)O)c1ccccc1. The van der Waals surface area contributed by atoms with E-state index in [2.05, 4.69) is 10.6 Å². The first-order valence-corrected chi connectivity index (χ1v) is 8.81. The van der Waals surface area contributed by atoms with Gasteiger partial charge in [0.05, 0.1) is 12.5 Å². The van der Waals surface area contributed by atoms with Crippen LogP contribution in [0.15, 0.2) is 60.7 Å². The zero-order chi connectivity index (χ0) is 19.9. The number of carbonyl (C=O) groups excluding carboxylic acids is 2. The van der Waals surface area contributed by atoms with E-state index in [0.29, 0.717) is 5.56 Å². The lowest BCUT2D eigenvalue weighted by molar-refractivity contribution is -0.148. The zero-order valence-electron chi connectivity index (χ0n) is 15.4. The Bertz CT molecular complexity index is 792. The highest BCUT2D eigenvalue weighted by Crippen LogP contribution is 2.26. The second-order valence-corrected chi connectivity index (χ2v) is 6.35. The van der Waals surface area contributed by atoms with Crippen molar-refractivity contribution in [2.45, 2.75) is 38.3 Å². The number of aliphatic carboxylic acids is 1. The van der Waals surface area contributed by atoms with Crippen LogP contribution >= 0.6 is 0 Å². The molecule has 2 atom stereocenters. The van der Waals surface area contributed by atoms with Gasteiger partial charge >= 0.3 is 5.97 Å². The fourth-order valence-corrected chi connectivity index (χ4v) is 3.07. The Balaban J connectivity index is 2.26. The van der Waals surface area contributed by atoms with Gasteiger partial charge in [0.25, 0.3) is 0 Å². The lowest BCUT2D eigenvalue weighted by Gasteiger charge is -2.31. The summed E-state index contributed by atoms with van der Waals surface area (Å²) in [4.78, 5) is 36.3. The van der Waals surface area contributed by atoms with E-state index in [1.165, 1.54) is 6.92 Å². The first kappa shape index (κ1) is 20.2. The maximum Gasteiger partial charge on any atom is 0.334 e. The number of amides is 2. The Hall–Kier alpha value is -3.15. The van der Waals surface area contributed by atoms with Crippen molar-refractivity contribution >= 4 is 17.8 Å². The molecule has 2 rings (SSSR count). The highest BCUT2D eigenvalue weighted by atomic mass is 16.4. The monoisotopic (exact) mass is 368 g/mol. The van der Waals surface area contributed by atoms with E-state index in [0.717, 1.165) is 5.56 Å². The van der Waals surface area contributed by atoms with Gasteiger partial charge < -0.3 is 15.7 Å². The predicted molar refractivity (Wildman–Crippen MR) is 102 cm³/mol. The average Bonchev–Trinajstić information content (AvgIpc) is 2.66. The molecule has 2 unspecified atom stereocenters. The lowest BCUT2D eigenvalue weighted by atomic mass is 9.86. The summed E-state index contributed by atoms with van der Waals surface area (Å²) in [7, 11) is 0. The summed E-state index contributed by atoms with van der Waals surface area (Å²) >= 11 is 0. The van der Waals surface area contributed by atoms with Crippen molar-refractivity contribution in [2.24, 2.45) is 0 Å². The van der Waals surface area contributed by atoms with Crippen LogP contribution in [0.4, 0.5) is 0 Å². The molecule has 0 aliphatic rings. The van der Waals surface area contributed by atoms with Gasteiger partial charge in [-0.2, -0.15) is 0 Å². The second-order valence-electron chi connectivity index (χ2n) is 6.35. The van der Waals surface area contributed by atoms with Crippen molar-refractivity contribution in [1.82, 2.24) is 10.6 Å². The minimum Gasteiger partial charge on any atom is -0.479 e. The van der Waals surface area contributed by atoms with Gasteiger partial charge in [-0.15, -0.1) is 0 Å². The number of rotatable bonds is 8. The van der Waals surface area contributed by atoms with E-state index in [-0.39, 0.29) is 18.7 Å². The molecule has 0 radical (unpaired) electrons. The minimum atomic E-state index is -1.52. The molecule has 0 bridgehead atoms. The summed E-state index contributed by atoms with van der Waals surface area (Å²) in [5.74, 6) is -1.84. The minimum absolute atomic E-state index is 0.0640. The molecule has 0 saturated heterocycles. The average molecular weight is 368 g/mol. The Labute approximate surface area is 158 Å². The molecule has 0 spiro atoms. The maximum atomic E-state index is 12.7. The van der Waals surface area contributed by atoms with E-state index < -0.39 is 23.5 Å². The molecule has 0 aromatic heterocycles. The Morgan fingerprint density at radius 1 is 1.00 bits per heavy atom. The van der Waals surface area contributed by atoms with Crippen LogP contribution in [0.5, 0.6) is 0 Å². The van der Waals surface area contributed by atoms with Crippen LogP contribution in [0.3, 0.4) is 0 Å². The Morgan fingerprint density at radius 3 is 2.04 bits per heavy atom. The molecule has 0 aliphatic carbocycles. The number of hydrogen-bond donors (Lipinski definition) is 3. The Kier molecular flexibility index (Phi) is 6.71. The quantitative estimate of drug-likeness (QED) is 0.668. The summed E-state index contributed by atoms with van der Waals surface area (Å²) in [5.41, 5.74) is -0.236. The number of benzene rings is 2. The van der Waals surface area contributed by atoms with Crippen LogP contribution < -0.4 is 10.6 Å². The first-order chi connectivity index (χ1) is 12.9. The van der Waals surface area contributed by atoms with Crippen LogP contribution in [-0.2, 0) is 19.9 Å². The second kappa shape index (κ2) is 8.98. The molecular formula is C21H24N2O4. The summed E-state index contributed by atoms with van der Waals surface area (Å²) in [6.07, 6.45) is 0.125. The molecular weight excluding hydrogens is 344 g/mol. The highest BCUT2D eigenvalue weighted by Gasteiger charge is 2.40. The van der Waals surface area contributed by atoms with Crippen molar-refractivity contribution in [1.29, 1.82) is 0 Å². The molecule has 27 heavy (non-hydrogen) atoms. The summed E-state index contributed by atoms with van der Waals surface area (Å²) in [6, 6.07) is 17.2. The number of carboxylic acid groups (broad SMARTS) is 1. The van der Waals surface area contributed by atoms with Gasteiger partial charge in [-0.25, -0.2) is 4.79 Å². The number of nitrogens with one attached hydrogen (secondary N) is 2. The van der Waals surface area contributed by atoms with E-state index in [4.69, 9.17) is 0 Å². The van der Waals surface area contributed by atoms with E-state index in [1.54, 1.807) is 37.3 Å². The third-order valence-electron chi connectivity index (χ3n) is 4.48. The van der Waals surface area contributed by atoms with Crippen molar-refractivity contribution in [2.75, 3.05) is 0 Å². The molecule has 2 amide bonds. The molecule has 0 fully saturated rings. The van der Waals surface area contributed by atoms with E-state index in [9.17, 15) is 19.5 Å². The van der Waals surface area contributed by atoms with E-state index >= 15 is 0 Å². The topological polar surface area (TPSA) is 95.5 Å². The highest BCUT2D eigenvalue weighted by molar-refractivity contribution is 5.88. The Morgan fingerprint density at radius 2 is 1.56 bits per heavy atom. The summed E-state index contributed by atoms with van der Waals surface area (Å²) in [6.45, 7) is 3.09. The largest absolute Gasteiger partial charge is 0.479 e. The molecule has 0 saturated carbocycles. The fraction of sp³-hybridized carbons (Fsp3) is 0.286. The van der Waals surface area contributed by atoms with Crippen molar-refractivity contribution in [3.05, 3.63) is 71.8 Å². The summed E-state index contributed by atoms with van der Waals surface area (Å²) in [5, 5.41) is 15.3. The maximum absolute atomic E-state index is 12.7. The molecule has 2 aromatic carbocycles. The van der Waals surface area contributed by atoms with Crippen LogP contribution in [-0.4, -0.2) is 22.9 Å². The molecule has 0 heterocycles. The molecule has 142 valence electrons. The third kappa shape index (κ3) is 4.94. The smallest absolute Gasteiger partial charge is 0.334 e. The molecule has 2 aromatic rings. The van der Waals surface area contributed by atoms with Gasteiger partial charge in [0, 0.05) is 6.92 Å². The van der Waals surface area contributed by atoms with Gasteiger partial charge in [0.1, 0.15) is 0 Å². The third-order valence-corrected chi connectivity index (χ3v) is 4.48. The summed E-state index contributed by atoms with van der Waals surface area (Å²) < 4.78 is 0. The zero-order valence-corrected chi connectivity index (χ0v) is 15.4. The van der Waals surface area contributed by atoms with Crippen LogP contribution in [0.2, 0.25) is 0 Å². The van der Waals surface area contributed by atoms with Crippen LogP contribution in [0, 0.1) is 0 Å². The number of carbonyl (C=O) groups is 3. The first-order valence-electron chi connectivity index (χ1n) is 8.81. The number of hydrogen-bond acceptors (Lipinski definition) is 3. The van der Waals surface area contributed by atoms with Crippen molar-refractivity contribution < 1.29 is 19.5 Å². The molecule has 6 nitrogen and oxygen atoms in total. The molecule has 6 heteroatoms. The van der Waals surface area contributed by atoms with E-state index in [1.807, 2.05) is 30.3 Å². The van der Waals surface area contributed by atoms with Gasteiger partial charge in [-0.05, 0) is 17.5 Å². The standard InChI is InChI=1S/C21H24N2O4/c1-3-21(20(26)27,17-12-8-5-9-13-17)23-19(25)14-18(22-15(2)24)16-10-6-4-7-11-16/h4-13,18H,3,14H2,1-2H3,(H,22,24)(H,23,25)(H,26,27). The van der Waals surface area contributed by atoms with Gasteiger partial charge in [-0.3, -0.25) is 9.59 Å². The van der Waals surface area contributed by atoms with Gasteiger partial charge in [-0.1, -0.05) is 67.6 Å². The molecule has 0 aliphatic heterocycles. The lowest BCUT2D eigenvalue weighted by Crippen LogP contribution is -2.52. The number of carboxylic acids is 1. The predicted octanol–water partition coefficient (Wildman–Crippen LogP) is 2.76. The van der Waals surface area contributed by atoms with Crippen LogP contribution in [0.1, 0.15) is 43.9 Å².